The number of Topliss-reactive ketones (excluding diaryl/α,β-unsaturated/α-hetero) is 1. The highest BCUT2D eigenvalue weighted by Crippen LogP contribution is 2.10. The molecule has 1 N–H and O–H groups in total. The van der Waals surface area contributed by atoms with E-state index in [2.05, 4.69) is 4.98 Å². The van der Waals surface area contributed by atoms with Gasteiger partial charge in [0.25, 0.3) is 0 Å². The summed E-state index contributed by atoms with van der Waals surface area (Å²) in [6.45, 7) is -0.524. The van der Waals surface area contributed by atoms with Gasteiger partial charge in [0, 0.05) is 18.1 Å². The van der Waals surface area contributed by atoms with Gasteiger partial charge in [-0.2, -0.15) is 0 Å². The van der Waals surface area contributed by atoms with Crippen LogP contribution in [-0.4, -0.2) is 27.0 Å². The first-order valence-electron chi connectivity index (χ1n) is 4.56. The third kappa shape index (κ3) is 1.80. The minimum atomic E-state index is -0.524. The average molecular weight is 202 g/mol. The molecule has 0 aliphatic heterocycles. The Morgan fingerprint density at radius 2 is 2.07 bits per heavy atom. The lowest BCUT2D eigenvalue weighted by Crippen LogP contribution is -2.12. The van der Waals surface area contributed by atoms with E-state index < -0.39 is 6.61 Å². The highest BCUT2D eigenvalue weighted by atomic mass is 16.3. The Bertz CT molecular complexity index is 462. The molecule has 0 radical (unpaired) electrons. The number of hydrogen-bond donors (Lipinski definition) is 1. The maximum Gasteiger partial charge on any atom is 0.223 e. The van der Waals surface area contributed by atoms with Crippen molar-refractivity contribution in [1.29, 1.82) is 0 Å². The molecule has 0 unspecified atom stereocenters. The van der Waals surface area contributed by atoms with Crippen LogP contribution < -0.4 is 0 Å². The van der Waals surface area contributed by atoms with Crippen molar-refractivity contribution in [3.8, 4) is 5.69 Å². The summed E-state index contributed by atoms with van der Waals surface area (Å²) >= 11 is 0. The number of nitrogens with zero attached hydrogens (tertiary/aromatic N) is 2. The molecule has 0 fully saturated rings. The Morgan fingerprint density at radius 3 is 2.73 bits per heavy atom. The van der Waals surface area contributed by atoms with E-state index in [0.717, 1.165) is 5.69 Å². The summed E-state index contributed by atoms with van der Waals surface area (Å²) in [6, 6.07) is 9.39. The van der Waals surface area contributed by atoms with Crippen molar-refractivity contribution >= 4 is 5.78 Å². The van der Waals surface area contributed by atoms with Crippen LogP contribution in [0, 0.1) is 0 Å². The first kappa shape index (κ1) is 9.61. The zero-order valence-corrected chi connectivity index (χ0v) is 8.00. The largest absolute Gasteiger partial charge is 0.388 e. The molecule has 0 aliphatic carbocycles. The number of imidazole rings is 1. The molecule has 15 heavy (non-hydrogen) atoms. The lowest BCUT2D eigenvalue weighted by molar-refractivity contribution is 0.0891. The quantitative estimate of drug-likeness (QED) is 0.757. The zero-order chi connectivity index (χ0) is 10.7. The van der Waals surface area contributed by atoms with Crippen LogP contribution in [0.2, 0.25) is 0 Å². The van der Waals surface area contributed by atoms with Gasteiger partial charge >= 0.3 is 0 Å². The molecule has 2 rings (SSSR count). The predicted octanol–water partition coefficient (Wildman–Crippen LogP) is 1.05. The maximum atomic E-state index is 11.3. The van der Waals surface area contributed by atoms with E-state index >= 15 is 0 Å². The topological polar surface area (TPSA) is 55.1 Å². The molecule has 0 aliphatic rings. The number of aliphatic hydroxyl groups excluding tert-OH is 1. The summed E-state index contributed by atoms with van der Waals surface area (Å²) in [5, 5.41) is 8.78. The van der Waals surface area contributed by atoms with Gasteiger partial charge in [-0.1, -0.05) is 18.2 Å². The van der Waals surface area contributed by atoms with Crippen molar-refractivity contribution in [3.63, 3.8) is 0 Å². The second-order valence-corrected chi connectivity index (χ2v) is 3.04. The SMILES string of the molecule is O=C(CO)c1nccn1-c1ccccc1. The van der Waals surface area contributed by atoms with Crippen LogP contribution in [0.4, 0.5) is 0 Å². The van der Waals surface area contributed by atoms with Gasteiger partial charge in [-0.3, -0.25) is 9.36 Å². The lowest BCUT2D eigenvalue weighted by atomic mass is 10.3. The number of benzene rings is 1. The van der Waals surface area contributed by atoms with E-state index in [-0.39, 0.29) is 11.6 Å². The smallest absolute Gasteiger partial charge is 0.223 e. The van der Waals surface area contributed by atoms with Crippen LogP contribution in [0.15, 0.2) is 42.7 Å². The first-order valence-corrected chi connectivity index (χ1v) is 4.56. The van der Waals surface area contributed by atoms with Crippen molar-refractivity contribution in [2.24, 2.45) is 0 Å². The summed E-state index contributed by atoms with van der Waals surface area (Å²) in [5.74, 6) is -0.132. The van der Waals surface area contributed by atoms with E-state index in [0.29, 0.717) is 0 Å². The summed E-state index contributed by atoms with van der Waals surface area (Å²) in [5.41, 5.74) is 0.854. The number of aliphatic hydroxyl groups is 1. The van der Waals surface area contributed by atoms with Gasteiger partial charge in [-0.05, 0) is 12.1 Å². The Hall–Kier alpha value is -1.94. The van der Waals surface area contributed by atoms with Gasteiger partial charge < -0.3 is 5.11 Å². The third-order valence-electron chi connectivity index (χ3n) is 2.07. The Balaban J connectivity index is 2.46. The molecule has 0 saturated carbocycles. The average Bonchev–Trinajstić information content (AvgIpc) is 2.78. The van der Waals surface area contributed by atoms with Crippen molar-refractivity contribution < 1.29 is 9.90 Å². The summed E-state index contributed by atoms with van der Waals surface area (Å²) < 4.78 is 1.65. The molecule has 0 bridgehead atoms. The monoisotopic (exact) mass is 202 g/mol. The highest BCUT2D eigenvalue weighted by Gasteiger charge is 2.11. The number of rotatable bonds is 3. The second-order valence-electron chi connectivity index (χ2n) is 3.04. The number of carbonyl (C=O) groups is 1. The summed E-state index contributed by atoms with van der Waals surface area (Å²) in [7, 11) is 0. The minimum absolute atomic E-state index is 0.253. The molecule has 1 aromatic heterocycles. The molecule has 1 heterocycles. The molecule has 0 saturated heterocycles. The van der Waals surface area contributed by atoms with Crippen molar-refractivity contribution in [3.05, 3.63) is 48.5 Å². The van der Waals surface area contributed by atoms with Gasteiger partial charge in [0.15, 0.2) is 5.82 Å². The van der Waals surface area contributed by atoms with Gasteiger partial charge in [-0.15, -0.1) is 0 Å². The standard InChI is InChI=1S/C11H10N2O2/c14-8-10(15)11-12-6-7-13(11)9-4-2-1-3-5-9/h1-7,14H,8H2. The minimum Gasteiger partial charge on any atom is -0.388 e. The van der Waals surface area contributed by atoms with Crippen LogP contribution in [-0.2, 0) is 0 Å². The molecular formula is C11H10N2O2. The van der Waals surface area contributed by atoms with Crippen molar-refractivity contribution in [2.75, 3.05) is 6.61 Å². The van der Waals surface area contributed by atoms with Crippen molar-refractivity contribution in [1.82, 2.24) is 9.55 Å². The fraction of sp³-hybridized carbons (Fsp3) is 0.0909. The maximum absolute atomic E-state index is 11.3. The van der Waals surface area contributed by atoms with Crippen LogP contribution in [0.25, 0.3) is 5.69 Å². The van der Waals surface area contributed by atoms with Gasteiger partial charge in [-0.25, -0.2) is 4.98 Å². The summed E-state index contributed by atoms with van der Waals surface area (Å²) in [4.78, 5) is 15.3. The number of hydrogen-bond acceptors (Lipinski definition) is 3. The fourth-order valence-electron chi connectivity index (χ4n) is 1.38. The Labute approximate surface area is 86.8 Å². The first-order chi connectivity index (χ1) is 7.33. The van der Waals surface area contributed by atoms with E-state index in [4.69, 9.17) is 5.11 Å². The van der Waals surface area contributed by atoms with Gasteiger partial charge in [0.2, 0.25) is 5.78 Å². The molecule has 4 nitrogen and oxygen atoms in total. The fourth-order valence-corrected chi connectivity index (χ4v) is 1.38. The summed E-state index contributed by atoms with van der Waals surface area (Å²) in [6.07, 6.45) is 3.23. The van der Waals surface area contributed by atoms with Crippen molar-refractivity contribution in [2.45, 2.75) is 0 Å². The van der Waals surface area contributed by atoms with Gasteiger partial charge in [0.05, 0.1) is 0 Å². The molecule has 4 heteroatoms. The molecule has 0 atom stereocenters. The molecule has 0 amide bonds. The van der Waals surface area contributed by atoms with E-state index in [1.54, 1.807) is 10.8 Å². The number of para-hydroxylation sites is 1. The lowest BCUT2D eigenvalue weighted by Gasteiger charge is -2.05. The second kappa shape index (κ2) is 4.06. The molecule has 76 valence electrons. The van der Waals surface area contributed by atoms with E-state index in [1.807, 2.05) is 30.3 Å². The normalized spacial score (nSPS) is 10.2. The van der Waals surface area contributed by atoms with Crippen LogP contribution in [0.1, 0.15) is 10.6 Å². The van der Waals surface area contributed by atoms with E-state index in [1.165, 1.54) is 6.20 Å². The van der Waals surface area contributed by atoms with Crippen LogP contribution in [0.3, 0.4) is 0 Å². The number of aromatic nitrogens is 2. The number of carbonyl (C=O) groups excluding carboxylic acids is 1. The van der Waals surface area contributed by atoms with E-state index in [9.17, 15) is 4.79 Å². The van der Waals surface area contributed by atoms with Crippen LogP contribution in [0.5, 0.6) is 0 Å². The Kier molecular flexibility index (Phi) is 2.60. The third-order valence-corrected chi connectivity index (χ3v) is 2.07. The predicted molar refractivity (Wildman–Crippen MR) is 55.0 cm³/mol. The number of ketones is 1. The molecular weight excluding hydrogens is 192 g/mol. The molecule has 2 aromatic rings. The zero-order valence-electron chi connectivity index (χ0n) is 8.00. The van der Waals surface area contributed by atoms with Gasteiger partial charge in [0.1, 0.15) is 6.61 Å². The highest BCUT2D eigenvalue weighted by molar-refractivity contribution is 5.94. The molecule has 0 spiro atoms. The molecule has 1 aromatic carbocycles. The van der Waals surface area contributed by atoms with Crippen LogP contribution >= 0.6 is 0 Å². The Morgan fingerprint density at radius 1 is 1.33 bits per heavy atom.